The molecule has 2 N–H and O–H groups in total. The summed E-state index contributed by atoms with van der Waals surface area (Å²) in [7, 11) is 1.58. The van der Waals surface area contributed by atoms with Crippen molar-refractivity contribution in [2.75, 3.05) is 73.6 Å². The van der Waals surface area contributed by atoms with Crippen molar-refractivity contribution in [3.05, 3.63) is 72.3 Å². The number of halogens is 3. The molecule has 266 valence electrons. The van der Waals surface area contributed by atoms with Crippen molar-refractivity contribution in [2.24, 2.45) is 0 Å². The molecule has 7 rings (SSSR count). The number of methoxy groups -OCH3 is 1. The van der Waals surface area contributed by atoms with Crippen LogP contribution in [0.1, 0.15) is 50.1 Å². The molecule has 50 heavy (non-hydrogen) atoms. The van der Waals surface area contributed by atoms with Gasteiger partial charge in [-0.1, -0.05) is 19.1 Å². The lowest BCUT2D eigenvalue weighted by molar-refractivity contribution is -0.111. The van der Waals surface area contributed by atoms with E-state index in [2.05, 4.69) is 41.9 Å². The number of nitrogens with one attached hydrogen (secondary N) is 2. The Labute approximate surface area is 290 Å². The summed E-state index contributed by atoms with van der Waals surface area (Å²) in [6.45, 7) is 10.1. The lowest BCUT2D eigenvalue weighted by atomic mass is 9.91. The first kappa shape index (κ1) is 34.1. The zero-order valence-corrected chi connectivity index (χ0v) is 28.2. The van der Waals surface area contributed by atoms with Gasteiger partial charge < -0.3 is 20.3 Å². The average Bonchev–Trinajstić information content (AvgIpc) is 3.60. The number of hydroxylamine groups is 1. The molecule has 1 saturated carbocycles. The number of amides is 1. The molecule has 0 radical (unpaired) electrons. The third kappa shape index (κ3) is 6.96. The summed E-state index contributed by atoms with van der Waals surface area (Å²) < 4.78 is 48.3. The smallest absolute Gasteiger partial charge is 0.247 e. The van der Waals surface area contributed by atoms with E-state index in [4.69, 9.17) is 9.57 Å². The van der Waals surface area contributed by atoms with Crippen LogP contribution in [0.2, 0.25) is 0 Å². The van der Waals surface area contributed by atoms with Gasteiger partial charge in [0, 0.05) is 75.5 Å². The summed E-state index contributed by atoms with van der Waals surface area (Å²) in [6.07, 6.45) is 9.00. The Kier molecular flexibility index (Phi) is 10.1. The van der Waals surface area contributed by atoms with Crippen molar-refractivity contribution in [3.8, 4) is 5.75 Å². The van der Waals surface area contributed by atoms with Crippen LogP contribution in [0.25, 0.3) is 0 Å². The minimum absolute atomic E-state index is 0.0371. The fourth-order valence-corrected chi connectivity index (χ4v) is 7.52. The standard InChI is InChI=1S/C36H43F3N8O3/c1-3-34(48)43-27-19-28(42-32-21-33(41-22-40-32)47-29(11-18-50-47)25-7-8-26(37)36(39)35(25)38)31(49-2)20-30(27)46-12-9-24(10-13-46)45-16-14-44(15-17-45)23-5-4-6-23/h3,7-8,19-24,29H,1,4-6,9-18H2,2H3,(H,43,48)(H,40,41,42)/t29-/m1/s1. The van der Waals surface area contributed by atoms with E-state index in [1.807, 2.05) is 6.07 Å². The van der Waals surface area contributed by atoms with E-state index < -0.39 is 23.5 Å². The van der Waals surface area contributed by atoms with Gasteiger partial charge in [0.1, 0.15) is 17.9 Å². The van der Waals surface area contributed by atoms with Crippen LogP contribution in [0.3, 0.4) is 0 Å². The molecule has 3 saturated heterocycles. The number of nitrogens with zero attached hydrogens (tertiary/aromatic N) is 6. The fraction of sp³-hybridized carbons (Fsp3) is 0.472. The van der Waals surface area contributed by atoms with Gasteiger partial charge in [-0.3, -0.25) is 19.4 Å². The largest absolute Gasteiger partial charge is 0.494 e. The highest BCUT2D eigenvalue weighted by atomic mass is 19.2. The minimum Gasteiger partial charge on any atom is -0.494 e. The van der Waals surface area contributed by atoms with Crippen LogP contribution >= 0.6 is 0 Å². The molecule has 14 heteroatoms. The number of rotatable bonds is 10. The minimum atomic E-state index is -1.53. The molecule has 4 heterocycles. The molecule has 0 spiro atoms. The van der Waals surface area contributed by atoms with Crippen LogP contribution in [-0.2, 0) is 9.63 Å². The van der Waals surface area contributed by atoms with Crippen LogP contribution < -0.4 is 25.3 Å². The van der Waals surface area contributed by atoms with Gasteiger partial charge in [0.2, 0.25) is 5.91 Å². The van der Waals surface area contributed by atoms with Gasteiger partial charge in [-0.05, 0) is 43.9 Å². The van der Waals surface area contributed by atoms with Crippen LogP contribution in [0.4, 0.5) is 41.9 Å². The molecule has 4 aliphatic rings. The highest BCUT2D eigenvalue weighted by Gasteiger charge is 2.34. The van der Waals surface area contributed by atoms with Crippen molar-refractivity contribution in [2.45, 2.75) is 56.7 Å². The first-order valence-corrected chi connectivity index (χ1v) is 17.4. The second-order valence-electron chi connectivity index (χ2n) is 13.3. The normalized spacial score (nSPS) is 20.8. The maximum atomic E-state index is 14.7. The highest BCUT2D eigenvalue weighted by Crippen LogP contribution is 2.41. The molecule has 1 amide bonds. The van der Waals surface area contributed by atoms with E-state index in [0.717, 1.165) is 69.9 Å². The van der Waals surface area contributed by atoms with Crippen molar-refractivity contribution >= 4 is 34.6 Å². The number of hydrogen-bond acceptors (Lipinski definition) is 10. The van der Waals surface area contributed by atoms with Gasteiger partial charge in [0.15, 0.2) is 23.3 Å². The van der Waals surface area contributed by atoms with Crippen molar-refractivity contribution in [1.82, 2.24) is 19.8 Å². The summed E-state index contributed by atoms with van der Waals surface area (Å²) in [5.74, 6) is -3.21. The Morgan fingerprint density at radius 3 is 2.30 bits per heavy atom. The summed E-state index contributed by atoms with van der Waals surface area (Å²) in [6, 6.07) is 8.02. The second kappa shape index (κ2) is 14.8. The maximum absolute atomic E-state index is 14.7. The quantitative estimate of drug-likeness (QED) is 0.201. The van der Waals surface area contributed by atoms with Gasteiger partial charge in [0.05, 0.1) is 36.8 Å². The Bertz CT molecular complexity index is 1710. The zero-order chi connectivity index (χ0) is 34.8. The van der Waals surface area contributed by atoms with Crippen LogP contribution in [0.15, 0.2) is 49.3 Å². The summed E-state index contributed by atoms with van der Waals surface area (Å²) in [4.78, 5) is 34.6. The van der Waals surface area contributed by atoms with E-state index in [-0.39, 0.29) is 23.9 Å². The molecule has 0 unspecified atom stereocenters. The summed E-state index contributed by atoms with van der Waals surface area (Å²) in [5.41, 5.74) is 1.94. The number of carbonyl (C=O) groups excluding carboxylic acids is 1. The Morgan fingerprint density at radius 1 is 0.920 bits per heavy atom. The molecule has 1 atom stereocenters. The van der Waals surface area contributed by atoms with E-state index in [0.29, 0.717) is 35.4 Å². The van der Waals surface area contributed by atoms with Crippen LogP contribution in [0.5, 0.6) is 5.75 Å². The topological polar surface area (TPSA) is 98.3 Å². The van der Waals surface area contributed by atoms with Gasteiger partial charge in [-0.25, -0.2) is 28.2 Å². The number of aromatic nitrogens is 2. The molecular weight excluding hydrogens is 649 g/mol. The lowest BCUT2D eigenvalue weighted by Gasteiger charge is -2.46. The Morgan fingerprint density at radius 2 is 1.64 bits per heavy atom. The summed E-state index contributed by atoms with van der Waals surface area (Å²) in [5, 5.41) is 7.59. The molecule has 1 aromatic heterocycles. The monoisotopic (exact) mass is 692 g/mol. The molecule has 1 aliphatic carbocycles. The molecule has 3 aliphatic heterocycles. The van der Waals surface area contributed by atoms with Gasteiger partial charge in [-0.15, -0.1) is 0 Å². The predicted octanol–water partition coefficient (Wildman–Crippen LogP) is 5.79. The number of anilines is 5. The van der Waals surface area contributed by atoms with Crippen LogP contribution in [-0.4, -0.2) is 90.7 Å². The zero-order valence-electron chi connectivity index (χ0n) is 28.2. The first-order chi connectivity index (χ1) is 24.3. The molecule has 11 nitrogen and oxygen atoms in total. The van der Waals surface area contributed by atoms with E-state index in [9.17, 15) is 18.0 Å². The predicted molar refractivity (Wildman–Crippen MR) is 185 cm³/mol. The third-order valence-corrected chi connectivity index (χ3v) is 10.5. The van der Waals surface area contributed by atoms with Gasteiger partial charge in [0.25, 0.3) is 0 Å². The van der Waals surface area contributed by atoms with Crippen LogP contribution in [0, 0.1) is 17.5 Å². The lowest BCUT2D eigenvalue weighted by Crippen LogP contribution is -2.56. The molecular formula is C36H43F3N8O3. The third-order valence-electron chi connectivity index (χ3n) is 10.5. The van der Waals surface area contributed by atoms with Crippen molar-refractivity contribution in [3.63, 3.8) is 0 Å². The second-order valence-corrected chi connectivity index (χ2v) is 13.3. The van der Waals surface area contributed by atoms with Gasteiger partial charge in [-0.2, -0.15) is 0 Å². The van der Waals surface area contributed by atoms with E-state index in [1.54, 1.807) is 19.2 Å². The van der Waals surface area contributed by atoms with E-state index >= 15 is 0 Å². The average molecular weight is 693 g/mol. The number of benzene rings is 2. The molecule has 0 bridgehead atoms. The van der Waals surface area contributed by atoms with Gasteiger partial charge >= 0.3 is 0 Å². The van der Waals surface area contributed by atoms with Crippen molar-refractivity contribution < 1.29 is 27.5 Å². The number of piperazine rings is 1. The van der Waals surface area contributed by atoms with E-state index in [1.165, 1.54) is 42.8 Å². The number of ether oxygens (including phenoxy) is 1. The number of hydrogen-bond donors (Lipinski definition) is 2. The number of piperidine rings is 1. The molecule has 4 fully saturated rings. The Balaban J connectivity index is 1.08. The number of carbonyl (C=O) groups is 1. The molecule has 3 aromatic rings. The highest BCUT2D eigenvalue weighted by molar-refractivity contribution is 6.02. The fourth-order valence-electron chi connectivity index (χ4n) is 7.52. The van der Waals surface area contributed by atoms with Crippen molar-refractivity contribution in [1.29, 1.82) is 0 Å². The summed E-state index contributed by atoms with van der Waals surface area (Å²) >= 11 is 0. The SMILES string of the molecule is C=CC(=O)Nc1cc(Nc2cc(N3OCC[C@@H]3c3ccc(F)c(F)c3F)ncn2)c(OC)cc1N1CCC(N2CCN(C3CCC3)CC2)CC1. The Hall–Kier alpha value is -4.40. The first-order valence-electron chi connectivity index (χ1n) is 17.4. The molecule has 2 aromatic carbocycles. The maximum Gasteiger partial charge on any atom is 0.247 e.